The van der Waals surface area contributed by atoms with Crippen molar-refractivity contribution in [1.82, 2.24) is 33.1 Å². The Bertz CT molecular complexity index is 95.0. The molecular weight excluding hydrogens is 170 g/mol. The van der Waals surface area contributed by atoms with Crippen LogP contribution in [0.25, 0.3) is 0 Å². The van der Waals surface area contributed by atoms with Crippen LogP contribution < -0.4 is 38.9 Å². The first-order valence-electron chi connectivity index (χ1n) is 4.53. The van der Waals surface area contributed by atoms with Gasteiger partial charge in [0.05, 0.1) is 0 Å². The van der Waals surface area contributed by atoms with Gasteiger partial charge in [-0.3, -0.25) is 5.84 Å². The minimum Gasteiger partial charge on any atom is -0.257 e. The number of hydrogen-bond donors (Lipinski definition) is 7. The predicted molar refractivity (Wildman–Crippen MR) is 51.9 cm³/mol. The maximum absolute atomic E-state index is 4.92. The molecule has 0 aliphatic carbocycles. The Morgan fingerprint density at radius 3 is 2.15 bits per heavy atom. The van der Waals surface area contributed by atoms with Crippen LogP contribution in [0.15, 0.2) is 0 Å². The van der Waals surface area contributed by atoms with E-state index in [0.717, 1.165) is 6.54 Å². The normalized spacial score (nSPS) is 11.1. The fourth-order valence-electron chi connectivity index (χ4n) is 0.915. The Kier molecular flexibility index (Phi) is 9.59. The lowest BCUT2D eigenvalue weighted by Gasteiger charge is -2.14. The summed E-state index contributed by atoms with van der Waals surface area (Å²) in [5.74, 6) is 5.63. The molecule has 0 bridgehead atoms. The molecule has 0 heterocycles. The van der Waals surface area contributed by atoms with E-state index in [2.05, 4.69) is 46.9 Å². The van der Waals surface area contributed by atoms with E-state index in [1.54, 1.807) is 0 Å². The summed E-state index contributed by atoms with van der Waals surface area (Å²) < 4.78 is 0. The average molecular weight is 191 g/mol. The SMILES string of the molecule is CCC(CC)CNNNNNNN. The fraction of sp³-hybridized carbons (Fsp3) is 1.00. The number of nitrogens with one attached hydrogen (secondary N) is 6. The zero-order valence-electron chi connectivity index (χ0n) is 8.28. The molecule has 0 rings (SSSR count). The van der Waals surface area contributed by atoms with E-state index in [1.807, 2.05) is 0 Å². The third-order valence-corrected chi connectivity index (χ3v) is 1.89. The fourth-order valence-corrected chi connectivity index (χ4v) is 0.915. The molecule has 0 saturated carbocycles. The molecule has 0 saturated heterocycles. The first-order chi connectivity index (χ1) is 6.35. The summed E-state index contributed by atoms with van der Waals surface area (Å²) in [7, 11) is 0. The Morgan fingerprint density at radius 2 is 1.62 bits per heavy atom. The Labute approximate surface area is 79.0 Å². The zero-order chi connectivity index (χ0) is 9.94. The second-order valence-corrected chi connectivity index (χ2v) is 2.71. The molecule has 0 aromatic heterocycles. The number of rotatable bonds is 9. The van der Waals surface area contributed by atoms with Crippen LogP contribution in [-0.2, 0) is 0 Å². The molecule has 13 heavy (non-hydrogen) atoms. The molecule has 80 valence electrons. The lowest BCUT2D eigenvalue weighted by Crippen LogP contribution is -2.60. The van der Waals surface area contributed by atoms with Gasteiger partial charge in [-0.2, -0.15) is 27.7 Å². The largest absolute Gasteiger partial charge is 0.257 e. The molecule has 0 aliphatic heterocycles. The van der Waals surface area contributed by atoms with Crippen molar-refractivity contribution in [3.8, 4) is 0 Å². The van der Waals surface area contributed by atoms with Crippen LogP contribution in [0.2, 0.25) is 0 Å². The maximum Gasteiger partial charge on any atom is 0.0142 e. The van der Waals surface area contributed by atoms with Crippen LogP contribution in [0.1, 0.15) is 26.7 Å². The van der Waals surface area contributed by atoms with E-state index in [1.165, 1.54) is 12.8 Å². The Balaban J connectivity index is 3.05. The molecule has 0 unspecified atom stereocenters. The van der Waals surface area contributed by atoms with Crippen LogP contribution in [0.3, 0.4) is 0 Å². The van der Waals surface area contributed by atoms with Crippen LogP contribution >= 0.6 is 0 Å². The van der Waals surface area contributed by atoms with Crippen LogP contribution in [0, 0.1) is 5.92 Å². The van der Waals surface area contributed by atoms with Crippen molar-refractivity contribution in [2.45, 2.75) is 26.7 Å². The van der Waals surface area contributed by atoms with Gasteiger partial charge in [0.1, 0.15) is 0 Å². The minimum absolute atomic E-state index is 0.704. The number of nitrogens with two attached hydrogens (primary N) is 1. The van der Waals surface area contributed by atoms with Crippen LogP contribution in [0.4, 0.5) is 0 Å². The van der Waals surface area contributed by atoms with Gasteiger partial charge >= 0.3 is 0 Å². The minimum atomic E-state index is 0.704. The molecule has 0 aromatic rings. The van der Waals surface area contributed by atoms with Crippen molar-refractivity contribution in [3.63, 3.8) is 0 Å². The molecule has 0 fully saturated rings. The first-order valence-corrected chi connectivity index (χ1v) is 4.53. The van der Waals surface area contributed by atoms with Crippen molar-refractivity contribution >= 4 is 0 Å². The molecule has 0 radical (unpaired) electrons. The summed E-state index contributed by atoms with van der Waals surface area (Å²) in [5.41, 5.74) is 15.6. The Hall–Kier alpha value is -0.280. The first kappa shape index (κ1) is 12.7. The molecule has 7 nitrogen and oxygen atoms in total. The van der Waals surface area contributed by atoms with E-state index >= 15 is 0 Å². The number of hydrazine groups is 6. The average Bonchev–Trinajstić information content (AvgIpc) is 2.17. The summed E-state index contributed by atoms with van der Waals surface area (Å²) in [6, 6.07) is 0. The highest BCUT2D eigenvalue weighted by atomic mass is 15.9. The van der Waals surface area contributed by atoms with Gasteiger partial charge in [-0.25, -0.2) is 5.43 Å². The third kappa shape index (κ3) is 8.06. The van der Waals surface area contributed by atoms with Crippen LogP contribution in [0.5, 0.6) is 0 Å². The van der Waals surface area contributed by atoms with Crippen molar-refractivity contribution < 1.29 is 0 Å². The number of hydrogen-bond acceptors (Lipinski definition) is 7. The van der Waals surface area contributed by atoms with Crippen molar-refractivity contribution in [2.75, 3.05) is 6.54 Å². The lowest BCUT2D eigenvalue weighted by atomic mass is 10.0. The molecular formula is C6H21N7. The van der Waals surface area contributed by atoms with Crippen LogP contribution in [-0.4, -0.2) is 6.54 Å². The third-order valence-electron chi connectivity index (χ3n) is 1.89. The van der Waals surface area contributed by atoms with Gasteiger partial charge in [0.2, 0.25) is 0 Å². The van der Waals surface area contributed by atoms with E-state index in [-0.39, 0.29) is 0 Å². The highest BCUT2D eigenvalue weighted by Gasteiger charge is 2.00. The second kappa shape index (κ2) is 9.81. The van der Waals surface area contributed by atoms with Gasteiger partial charge in [-0.05, 0) is 5.92 Å². The molecule has 0 amide bonds. The quantitative estimate of drug-likeness (QED) is 0.134. The van der Waals surface area contributed by atoms with Gasteiger partial charge in [0.15, 0.2) is 0 Å². The highest BCUT2D eigenvalue weighted by molar-refractivity contribution is 4.54. The topological polar surface area (TPSA) is 98.2 Å². The maximum atomic E-state index is 4.92. The predicted octanol–water partition coefficient (Wildman–Crippen LogP) is -1.59. The Morgan fingerprint density at radius 1 is 1.00 bits per heavy atom. The summed E-state index contributed by atoms with van der Waals surface area (Å²) in [4.78, 5) is 0. The van der Waals surface area contributed by atoms with Gasteiger partial charge < -0.3 is 0 Å². The molecule has 0 spiro atoms. The van der Waals surface area contributed by atoms with Crippen molar-refractivity contribution in [3.05, 3.63) is 0 Å². The molecule has 8 N–H and O–H groups in total. The molecule has 0 atom stereocenters. The summed E-state index contributed by atoms with van der Waals surface area (Å²) in [5, 5.41) is 0. The van der Waals surface area contributed by atoms with E-state index < -0.39 is 0 Å². The smallest absolute Gasteiger partial charge is 0.0142 e. The zero-order valence-corrected chi connectivity index (χ0v) is 8.28. The standard InChI is InChI=1S/C6H21N7/c1-3-6(4-2)5-8-10-12-13-11-9-7/h6,8-13H,3-5,7H2,1-2H3. The molecule has 0 aliphatic rings. The van der Waals surface area contributed by atoms with E-state index in [4.69, 9.17) is 5.84 Å². The monoisotopic (exact) mass is 191 g/mol. The van der Waals surface area contributed by atoms with Gasteiger partial charge in [0, 0.05) is 6.54 Å². The second-order valence-electron chi connectivity index (χ2n) is 2.71. The highest BCUT2D eigenvalue weighted by Crippen LogP contribution is 2.03. The van der Waals surface area contributed by atoms with Crippen molar-refractivity contribution in [2.24, 2.45) is 11.8 Å². The molecule has 0 aromatic carbocycles. The summed E-state index contributed by atoms with van der Waals surface area (Å²) in [6.45, 7) is 5.29. The van der Waals surface area contributed by atoms with Gasteiger partial charge in [-0.1, -0.05) is 26.7 Å². The van der Waals surface area contributed by atoms with Gasteiger partial charge in [0.25, 0.3) is 0 Å². The molecule has 7 heteroatoms. The van der Waals surface area contributed by atoms with Crippen molar-refractivity contribution in [1.29, 1.82) is 0 Å². The lowest BCUT2D eigenvalue weighted by molar-refractivity contribution is 0.282. The van der Waals surface area contributed by atoms with E-state index in [9.17, 15) is 0 Å². The summed E-state index contributed by atoms with van der Waals surface area (Å²) >= 11 is 0. The van der Waals surface area contributed by atoms with E-state index in [0.29, 0.717) is 5.92 Å². The van der Waals surface area contributed by atoms with Gasteiger partial charge in [-0.15, -0.1) is 0 Å². The summed E-state index contributed by atoms with van der Waals surface area (Å²) in [6.07, 6.45) is 2.36.